The lowest BCUT2D eigenvalue weighted by Gasteiger charge is -2.34. The molecule has 1 heterocycles. The number of benzene rings is 1. The molecule has 1 saturated carbocycles. The molecule has 1 aromatic carbocycles. The van der Waals surface area contributed by atoms with Crippen molar-refractivity contribution in [3.63, 3.8) is 0 Å². The Morgan fingerprint density at radius 3 is 1.71 bits per heavy atom. The molecule has 4 atom stereocenters. The zero-order valence-electron chi connectivity index (χ0n) is 13.3. The van der Waals surface area contributed by atoms with Gasteiger partial charge >= 0.3 is 0 Å². The third-order valence-corrected chi connectivity index (χ3v) is 9.74. The fourth-order valence-corrected chi connectivity index (χ4v) is 6.93. The van der Waals surface area contributed by atoms with E-state index in [0.717, 1.165) is 0 Å². The first-order valence-electron chi connectivity index (χ1n) is 7.67. The van der Waals surface area contributed by atoms with Gasteiger partial charge in [0.1, 0.15) is 9.75 Å². The van der Waals surface area contributed by atoms with Crippen molar-refractivity contribution in [3.8, 4) is 0 Å². The van der Waals surface area contributed by atoms with Crippen LogP contribution in [0.2, 0.25) is 5.02 Å². The molecule has 1 aliphatic heterocycles. The first-order chi connectivity index (χ1) is 12.9. The maximum absolute atomic E-state index is 13.0. The predicted octanol–water partition coefficient (Wildman–Crippen LogP) is 4.43. The van der Waals surface area contributed by atoms with Crippen LogP contribution in [0.3, 0.4) is 0 Å². The molecule has 2 fully saturated rings. The van der Waals surface area contributed by atoms with Gasteiger partial charge in [0.05, 0.1) is 21.9 Å². The molecule has 2 aliphatic carbocycles. The number of carbonyl (C=O) groups excluding carboxylic acids is 3. The van der Waals surface area contributed by atoms with Gasteiger partial charge in [-0.1, -0.05) is 58.0 Å². The van der Waals surface area contributed by atoms with Crippen molar-refractivity contribution in [1.82, 2.24) is 10.4 Å². The van der Waals surface area contributed by atoms with Crippen LogP contribution in [-0.2, 0) is 9.59 Å². The quantitative estimate of drug-likeness (QED) is 0.461. The van der Waals surface area contributed by atoms with Crippen LogP contribution in [0, 0.1) is 11.8 Å². The minimum Gasteiger partial charge on any atom is -0.272 e. The molecule has 1 N–H and O–H groups in total. The standard InChI is InChI=1S/C16H7Cl7N2O3/c17-6-3-1-5(2-4-6)11(26)24-25-12(27)7-8(13(25)28)15(21)10(19)9(18)14(7,20)16(15,22)23/h1-4,7-8H,(H,24,26)/t7-,8-,14-,15-/m1/s1. The SMILES string of the molecule is O=C(NN1C(=O)[C@H]2[C@H](C1=O)[C@@]1(Cl)C(Cl)=C(Cl)[C@@]2(Cl)C1(Cl)Cl)c1ccc(Cl)cc1. The van der Waals surface area contributed by atoms with Crippen LogP contribution in [0.4, 0.5) is 0 Å². The van der Waals surface area contributed by atoms with E-state index < -0.39 is 43.6 Å². The van der Waals surface area contributed by atoms with E-state index in [0.29, 0.717) is 10.0 Å². The van der Waals surface area contributed by atoms with Crippen molar-refractivity contribution in [3.05, 3.63) is 44.9 Å². The van der Waals surface area contributed by atoms with Gasteiger partial charge in [0.2, 0.25) is 0 Å². The Kier molecular flexibility index (Phi) is 4.69. The van der Waals surface area contributed by atoms with Gasteiger partial charge in [-0.05, 0) is 24.3 Å². The molecule has 28 heavy (non-hydrogen) atoms. The van der Waals surface area contributed by atoms with Crippen LogP contribution >= 0.6 is 81.2 Å². The van der Waals surface area contributed by atoms with Gasteiger partial charge < -0.3 is 0 Å². The predicted molar refractivity (Wildman–Crippen MR) is 108 cm³/mol. The first kappa shape index (κ1) is 20.9. The Hall–Kier alpha value is -0.400. The molecule has 0 spiro atoms. The largest absolute Gasteiger partial charge is 0.272 e. The Morgan fingerprint density at radius 2 is 1.29 bits per heavy atom. The van der Waals surface area contributed by atoms with Gasteiger partial charge in [-0.2, -0.15) is 5.01 Å². The number of halogens is 7. The number of rotatable bonds is 2. The summed E-state index contributed by atoms with van der Waals surface area (Å²) < 4.78 is -2.02. The zero-order valence-corrected chi connectivity index (χ0v) is 18.6. The van der Waals surface area contributed by atoms with Crippen molar-refractivity contribution in [2.45, 2.75) is 14.1 Å². The normalized spacial score (nSPS) is 35.6. The minimum atomic E-state index is -2.02. The summed E-state index contributed by atoms with van der Waals surface area (Å²) >= 11 is 44.1. The summed E-state index contributed by atoms with van der Waals surface area (Å²) in [5.74, 6) is -5.03. The van der Waals surface area contributed by atoms with E-state index in [1.807, 2.05) is 0 Å². The summed E-state index contributed by atoms with van der Waals surface area (Å²) in [7, 11) is 0. The lowest BCUT2D eigenvalue weighted by molar-refractivity contribution is -0.143. The fourth-order valence-electron chi connectivity index (χ4n) is 3.87. The number of imide groups is 1. The van der Waals surface area contributed by atoms with Crippen LogP contribution in [0.1, 0.15) is 10.4 Å². The van der Waals surface area contributed by atoms with Gasteiger partial charge in [-0.15, -0.1) is 23.2 Å². The molecule has 0 unspecified atom stereocenters. The summed E-state index contributed by atoms with van der Waals surface area (Å²) in [4.78, 5) is 34.6. The molecular weight excluding hydrogens is 516 g/mol. The molecule has 5 nitrogen and oxygen atoms in total. The lowest BCUT2D eigenvalue weighted by atomic mass is 9.84. The van der Waals surface area contributed by atoms with E-state index in [4.69, 9.17) is 81.2 Å². The molecule has 148 valence electrons. The number of amides is 3. The van der Waals surface area contributed by atoms with Gasteiger partial charge in [0, 0.05) is 10.6 Å². The molecule has 0 radical (unpaired) electrons. The van der Waals surface area contributed by atoms with Crippen LogP contribution in [-0.4, -0.2) is 36.8 Å². The van der Waals surface area contributed by atoms with E-state index >= 15 is 0 Å². The Morgan fingerprint density at radius 1 is 0.857 bits per heavy atom. The van der Waals surface area contributed by atoms with E-state index in [1.165, 1.54) is 24.3 Å². The lowest BCUT2D eigenvalue weighted by Crippen LogP contribution is -2.54. The summed E-state index contributed by atoms with van der Waals surface area (Å²) in [6.45, 7) is 0. The van der Waals surface area contributed by atoms with E-state index in [2.05, 4.69) is 5.43 Å². The van der Waals surface area contributed by atoms with Gasteiger partial charge in [0.25, 0.3) is 17.7 Å². The summed E-state index contributed by atoms with van der Waals surface area (Å²) in [5, 5.41) is 0.553. The molecular formula is C16H7Cl7N2O3. The van der Waals surface area contributed by atoms with Crippen LogP contribution in [0.15, 0.2) is 34.3 Å². The van der Waals surface area contributed by atoms with E-state index in [-0.39, 0.29) is 15.6 Å². The Balaban J connectivity index is 1.71. The summed E-state index contributed by atoms with van der Waals surface area (Å²) in [6.07, 6.45) is 0. The van der Waals surface area contributed by atoms with Crippen molar-refractivity contribution in [2.75, 3.05) is 0 Å². The second-order valence-corrected chi connectivity index (χ2v) is 10.3. The second kappa shape index (κ2) is 6.30. The topological polar surface area (TPSA) is 66.5 Å². The highest BCUT2D eigenvalue weighted by atomic mass is 35.5. The Bertz CT molecular complexity index is 933. The van der Waals surface area contributed by atoms with Crippen molar-refractivity contribution < 1.29 is 14.4 Å². The average Bonchev–Trinajstić information content (AvgIpc) is 3.01. The highest BCUT2D eigenvalue weighted by Gasteiger charge is 2.87. The van der Waals surface area contributed by atoms with Crippen LogP contribution in [0.5, 0.6) is 0 Å². The molecule has 1 saturated heterocycles. The fraction of sp³-hybridized carbons (Fsp3) is 0.312. The number of hydrazine groups is 1. The molecule has 3 amide bonds. The monoisotopic (exact) mass is 520 g/mol. The number of allylic oxidation sites excluding steroid dienone is 2. The molecule has 2 bridgehead atoms. The van der Waals surface area contributed by atoms with Crippen molar-refractivity contribution in [2.24, 2.45) is 11.8 Å². The van der Waals surface area contributed by atoms with Gasteiger partial charge in [-0.3, -0.25) is 19.8 Å². The number of alkyl halides is 4. The smallest absolute Gasteiger partial charge is 0.270 e. The number of hydrogen-bond acceptors (Lipinski definition) is 3. The molecule has 3 aliphatic rings. The number of nitrogens with zero attached hydrogens (tertiary/aromatic N) is 1. The third kappa shape index (κ3) is 2.22. The second-order valence-electron chi connectivity index (χ2n) is 6.54. The van der Waals surface area contributed by atoms with Gasteiger partial charge in [-0.25, -0.2) is 0 Å². The third-order valence-electron chi connectivity index (χ3n) is 5.23. The number of carbonyl (C=O) groups is 3. The molecule has 1 aromatic rings. The number of fused-ring (bicyclic) bond motifs is 5. The maximum Gasteiger partial charge on any atom is 0.270 e. The first-order valence-corrected chi connectivity index (χ1v) is 10.3. The maximum atomic E-state index is 13.0. The highest BCUT2D eigenvalue weighted by molar-refractivity contribution is 6.66. The van der Waals surface area contributed by atoms with E-state index in [1.54, 1.807) is 0 Å². The molecule has 12 heteroatoms. The highest BCUT2D eigenvalue weighted by Crippen LogP contribution is 2.77. The Labute approximate surface area is 193 Å². The summed E-state index contributed by atoms with van der Waals surface area (Å²) in [5.41, 5.74) is 2.42. The van der Waals surface area contributed by atoms with Crippen LogP contribution in [0.25, 0.3) is 0 Å². The number of hydrogen-bond donors (Lipinski definition) is 1. The van der Waals surface area contributed by atoms with Crippen molar-refractivity contribution >= 4 is 98.9 Å². The minimum absolute atomic E-state index is 0.171. The number of nitrogens with one attached hydrogen (secondary N) is 1. The van der Waals surface area contributed by atoms with Gasteiger partial charge in [0.15, 0.2) is 4.33 Å². The van der Waals surface area contributed by atoms with E-state index in [9.17, 15) is 14.4 Å². The zero-order chi connectivity index (χ0) is 20.8. The van der Waals surface area contributed by atoms with Crippen molar-refractivity contribution in [1.29, 1.82) is 0 Å². The molecule has 0 aromatic heterocycles. The van der Waals surface area contributed by atoms with Crippen LogP contribution < -0.4 is 5.43 Å². The summed E-state index contributed by atoms with van der Waals surface area (Å²) in [6, 6.07) is 5.83. The molecule has 4 rings (SSSR count). The average molecular weight is 523 g/mol.